The van der Waals surface area contributed by atoms with Crippen molar-refractivity contribution in [3.8, 4) is 11.5 Å². The molecule has 1 aromatic carbocycles. The first-order valence-corrected chi connectivity index (χ1v) is 8.24. The number of carbonyl (C=O) groups is 2. The van der Waals surface area contributed by atoms with Crippen molar-refractivity contribution in [2.45, 2.75) is 32.0 Å². The highest BCUT2D eigenvalue weighted by atomic mass is 16.6. The van der Waals surface area contributed by atoms with Gasteiger partial charge in [-0.1, -0.05) is 19.4 Å². The van der Waals surface area contributed by atoms with Gasteiger partial charge in [0, 0.05) is 12.9 Å². The van der Waals surface area contributed by atoms with Crippen molar-refractivity contribution in [2.24, 2.45) is 11.5 Å². The number of ether oxygens (including phenoxy) is 2. The van der Waals surface area contributed by atoms with Crippen LogP contribution in [0.15, 0.2) is 18.2 Å². The van der Waals surface area contributed by atoms with Crippen LogP contribution in [0.4, 0.5) is 4.79 Å². The minimum absolute atomic E-state index is 0.0129. The Labute approximate surface area is 148 Å². The van der Waals surface area contributed by atoms with Crippen molar-refractivity contribution in [2.75, 3.05) is 20.4 Å². The van der Waals surface area contributed by atoms with E-state index in [0.717, 1.165) is 18.4 Å². The van der Waals surface area contributed by atoms with Crippen molar-refractivity contribution >= 4 is 19.5 Å². The van der Waals surface area contributed by atoms with E-state index in [-0.39, 0.29) is 20.0 Å². The van der Waals surface area contributed by atoms with Crippen LogP contribution in [0.5, 0.6) is 11.5 Å². The summed E-state index contributed by atoms with van der Waals surface area (Å²) in [4.78, 5) is 23.1. The van der Waals surface area contributed by atoms with Crippen molar-refractivity contribution < 1.29 is 23.7 Å². The Bertz CT molecular complexity index is 571. The number of unbranched alkanes of at least 4 members (excludes halogenated alkanes) is 1. The van der Waals surface area contributed by atoms with Gasteiger partial charge in [0.2, 0.25) is 5.91 Å². The Kier molecular flexibility index (Phi) is 9.42. The van der Waals surface area contributed by atoms with E-state index in [9.17, 15) is 9.59 Å². The molecule has 0 aliphatic carbocycles. The molecular formula is C16H26BN3O5. The molecule has 0 aliphatic rings. The molecule has 0 unspecified atom stereocenters. The van der Waals surface area contributed by atoms with Crippen LogP contribution in [0, 0.1) is 0 Å². The van der Waals surface area contributed by atoms with Crippen molar-refractivity contribution in [1.82, 2.24) is 5.32 Å². The van der Waals surface area contributed by atoms with Gasteiger partial charge in [0.25, 0.3) is 7.48 Å². The normalized spacial score (nSPS) is 11.5. The van der Waals surface area contributed by atoms with Crippen molar-refractivity contribution in [3.63, 3.8) is 0 Å². The summed E-state index contributed by atoms with van der Waals surface area (Å²) < 4.78 is 16.0. The third-order valence-corrected chi connectivity index (χ3v) is 3.49. The summed E-state index contributed by atoms with van der Waals surface area (Å²) in [5, 5.41) is 2.39. The number of primary amides is 1. The highest BCUT2D eigenvalue weighted by Gasteiger charge is 2.20. The van der Waals surface area contributed by atoms with Gasteiger partial charge in [0.05, 0.1) is 13.3 Å². The number of hydrogen-bond donors (Lipinski definition) is 3. The third kappa shape index (κ3) is 7.44. The standard InChI is InChI=1S/C16H26BN3O5/c1-3-4-7-23-13-6-5-11(9-14(13)25-16(22)20-2)8-12(15(19)21)17-24-10-18/h5-6,9,12,17H,3-4,7-8,10,18H2,1-2H3,(H2,19,21)(H,20,22)/t12-/m0/s1. The lowest BCUT2D eigenvalue weighted by atomic mass is 9.75. The monoisotopic (exact) mass is 351 g/mol. The summed E-state index contributed by atoms with van der Waals surface area (Å²) >= 11 is 0. The zero-order valence-electron chi connectivity index (χ0n) is 14.7. The molecule has 0 heterocycles. The van der Waals surface area contributed by atoms with E-state index in [1.54, 1.807) is 18.2 Å². The highest BCUT2D eigenvalue weighted by molar-refractivity contribution is 6.37. The zero-order valence-corrected chi connectivity index (χ0v) is 14.7. The van der Waals surface area contributed by atoms with Crippen LogP contribution in [-0.2, 0) is 15.9 Å². The average Bonchev–Trinajstić information content (AvgIpc) is 2.60. The lowest BCUT2D eigenvalue weighted by molar-refractivity contribution is -0.118. The molecule has 25 heavy (non-hydrogen) atoms. The smallest absolute Gasteiger partial charge is 0.412 e. The molecule has 1 rings (SSSR count). The number of nitrogens with one attached hydrogen (secondary N) is 1. The van der Waals surface area contributed by atoms with Gasteiger partial charge in [-0.3, -0.25) is 4.79 Å². The van der Waals surface area contributed by atoms with Crippen molar-refractivity contribution in [3.05, 3.63) is 23.8 Å². The first kappa shape index (κ1) is 20.8. The van der Waals surface area contributed by atoms with Gasteiger partial charge in [-0.25, -0.2) is 4.79 Å². The van der Waals surface area contributed by atoms with Gasteiger partial charge >= 0.3 is 6.09 Å². The Morgan fingerprint density at radius 3 is 2.68 bits per heavy atom. The van der Waals surface area contributed by atoms with E-state index in [4.69, 9.17) is 25.6 Å². The Balaban J connectivity index is 2.94. The molecule has 0 saturated heterocycles. The van der Waals surface area contributed by atoms with Crippen LogP contribution in [-0.4, -0.2) is 39.9 Å². The van der Waals surface area contributed by atoms with E-state index >= 15 is 0 Å². The van der Waals surface area contributed by atoms with Crippen LogP contribution in [0.1, 0.15) is 25.3 Å². The lowest BCUT2D eigenvalue weighted by Gasteiger charge is -2.15. The summed E-state index contributed by atoms with van der Waals surface area (Å²) in [6.45, 7) is 2.59. The summed E-state index contributed by atoms with van der Waals surface area (Å²) in [6.07, 6.45) is 1.62. The molecule has 0 radical (unpaired) electrons. The second kappa shape index (κ2) is 11.3. The molecule has 1 aromatic rings. The highest BCUT2D eigenvalue weighted by Crippen LogP contribution is 2.30. The molecule has 0 fully saturated rings. The lowest BCUT2D eigenvalue weighted by Crippen LogP contribution is -2.27. The third-order valence-electron chi connectivity index (χ3n) is 3.49. The van der Waals surface area contributed by atoms with E-state index in [1.807, 2.05) is 0 Å². The Morgan fingerprint density at radius 1 is 1.32 bits per heavy atom. The zero-order chi connectivity index (χ0) is 18.7. The summed E-state index contributed by atoms with van der Waals surface area (Å²) in [7, 11) is 1.60. The number of rotatable bonds is 11. The SMILES string of the molecule is CCCCOc1ccc(C[C@H](BOCN)C(N)=O)cc1OC(=O)NC. The van der Waals surface area contributed by atoms with Crippen LogP contribution in [0.3, 0.4) is 0 Å². The van der Waals surface area contributed by atoms with Crippen LogP contribution in [0.2, 0.25) is 5.82 Å². The van der Waals surface area contributed by atoms with Crippen molar-refractivity contribution in [1.29, 1.82) is 0 Å². The molecule has 138 valence electrons. The second-order valence-corrected chi connectivity index (χ2v) is 5.46. The number of nitrogens with two attached hydrogens (primary N) is 2. The minimum Gasteiger partial charge on any atom is -0.490 e. The van der Waals surface area contributed by atoms with E-state index in [1.165, 1.54) is 7.05 Å². The van der Waals surface area contributed by atoms with Gasteiger partial charge < -0.3 is 30.9 Å². The summed E-state index contributed by atoms with van der Waals surface area (Å²) in [5.41, 5.74) is 11.5. The van der Waals surface area contributed by atoms with Crippen LogP contribution < -0.4 is 26.3 Å². The fourth-order valence-electron chi connectivity index (χ4n) is 2.09. The van der Waals surface area contributed by atoms with Gasteiger partial charge in [0.1, 0.15) is 0 Å². The molecule has 5 N–H and O–H groups in total. The topological polar surface area (TPSA) is 126 Å². The van der Waals surface area contributed by atoms with Gasteiger partial charge in [-0.05, 0) is 30.5 Å². The maximum absolute atomic E-state index is 11.5. The molecule has 0 saturated carbocycles. The number of carbonyl (C=O) groups excluding carboxylic acids is 2. The van der Waals surface area contributed by atoms with Crippen LogP contribution in [0.25, 0.3) is 0 Å². The van der Waals surface area contributed by atoms with Crippen LogP contribution >= 0.6 is 0 Å². The molecule has 0 bridgehead atoms. The van der Waals surface area contributed by atoms with Gasteiger partial charge in [-0.2, -0.15) is 0 Å². The Morgan fingerprint density at radius 2 is 2.08 bits per heavy atom. The van der Waals surface area contributed by atoms with E-state index < -0.39 is 17.8 Å². The number of benzene rings is 1. The molecule has 0 spiro atoms. The molecular weight excluding hydrogens is 325 g/mol. The first-order chi connectivity index (χ1) is 12.0. The summed E-state index contributed by atoms with van der Waals surface area (Å²) in [5.74, 6) is -0.251. The molecule has 2 amide bonds. The molecule has 8 nitrogen and oxygen atoms in total. The maximum Gasteiger partial charge on any atom is 0.412 e. The molecule has 1 atom stereocenters. The maximum atomic E-state index is 11.5. The molecule has 0 aromatic heterocycles. The first-order valence-electron chi connectivity index (χ1n) is 8.24. The summed E-state index contributed by atoms with van der Waals surface area (Å²) in [6, 6.07) is 5.18. The second-order valence-electron chi connectivity index (χ2n) is 5.46. The largest absolute Gasteiger partial charge is 0.490 e. The van der Waals surface area contributed by atoms with Gasteiger partial charge in [0.15, 0.2) is 11.5 Å². The van der Waals surface area contributed by atoms with Gasteiger partial charge in [-0.15, -0.1) is 0 Å². The fraction of sp³-hybridized carbons (Fsp3) is 0.500. The number of hydrogen-bond acceptors (Lipinski definition) is 6. The molecule has 9 heteroatoms. The molecule has 0 aliphatic heterocycles. The van der Waals surface area contributed by atoms with E-state index in [2.05, 4.69) is 12.2 Å². The number of amides is 2. The predicted molar refractivity (Wildman–Crippen MR) is 95.9 cm³/mol. The quantitative estimate of drug-likeness (QED) is 0.306. The fourth-order valence-corrected chi connectivity index (χ4v) is 2.09. The average molecular weight is 351 g/mol. The Hall–Kier alpha value is -2.26. The predicted octanol–water partition coefficient (Wildman–Crippen LogP) is 0.684. The van der Waals surface area contributed by atoms with E-state index in [0.29, 0.717) is 18.8 Å². The minimum atomic E-state index is -0.601.